The highest BCUT2D eigenvalue weighted by Crippen LogP contribution is 2.21. The average molecular weight is 186 g/mol. The van der Waals surface area contributed by atoms with Crippen LogP contribution in [-0.4, -0.2) is 4.98 Å². The molecule has 0 aliphatic heterocycles. The summed E-state index contributed by atoms with van der Waals surface area (Å²) in [6.45, 7) is 4.72. The van der Waals surface area contributed by atoms with Crippen LogP contribution < -0.4 is 5.73 Å². The number of pyridine rings is 1. The molecule has 0 atom stereocenters. The molecule has 2 rings (SSSR count). The van der Waals surface area contributed by atoms with Crippen molar-refractivity contribution in [3.8, 4) is 0 Å². The lowest BCUT2D eigenvalue weighted by molar-refractivity contribution is 0.978. The van der Waals surface area contributed by atoms with Crippen molar-refractivity contribution in [1.29, 1.82) is 0 Å². The summed E-state index contributed by atoms with van der Waals surface area (Å²) < 4.78 is 0. The Bertz CT molecular complexity index is 475. The second-order valence-electron chi connectivity index (χ2n) is 3.53. The van der Waals surface area contributed by atoms with Gasteiger partial charge in [-0.3, -0.25) is 4.98 Å². The first-order valence-corrected chi connectivity index (χ1v) is 4.79. The fourth-order valence-corrected chi connectivity index (χ4v) is 1.73. The fraction of sp³-hybridized carbons (Fsp3) is 0.250. The maximum Gasteiger partial charge on any atom is 0.0708 e. The number of hydrogen-bond acceptors (Lipinski definition) is 2. The monoisotopic (exact) mass is 186 g/mol. The third kappa shape index (κ3) is 1.28. The van der Waals surface area contributed by atoms with Gasteiger partial charge in [0.15, 0.2) is 0 Å². The molecule has 14 heavy (non-hydrogen) atoms. The fourth-order valence-electron chi connectivity index (χ4n) is 1.73. The van der Waals surface area contributed by atoms with Gasteiger partial charge >= 0.3 is 0 Å². The average Bonchev–Trinajstić information content (AvgIpc) is 2.23. The first kappa shape index (κ1) is 9.16. The third-order valence-electron chi connectivity index (χ3n) is 2.75. The second kappa shape index (κ2) is 3.39. The van der Waals surface area contributed by atoms with Crippen LogP contribution in [0.2, 0.25) is 0 Å². The zero-order valence-electron chi connectivity index (χ0n) is 8.54. The minimum absolute atomic E-state index is 0.511. The lowest BCUT2D eigenvalue weighted by Crippen LogP contribution is -2.04. The minimum atomic E-state index is 0.511. The molecule has 0 aliphatic carbocycles. The summed E-state index contributed by atoms with van der Waals surface area (Å²) in [5.41, 5.74) is 10.2. The lowest BCUT2D eigenvalue weighted by atomic mass is 10.0. The van der Waals surface area contributed by atoms with E-state index in [1.54, 1.807) is 0 Å². The maximum absolute atomic E-state index is 5.65. The van der Waals surface area contributed by atoms with Gasteiger partial charge in [0.05, 0.1) is 11.2 Å². The van der Waals surface area contributed by atoms with Crippen LogP contribution in [0.15, 0.2) is 24.3 Å². The highest BCUT2D eigenvalue weighted by molar-refractivity contribution is 5.83. The molecule has 2 nitrogen and oxygen atoms in total. The van der Waals surface area contributed by atoms with Gasteiger partial charge in [0.25, 0.3) is 0 Å². The van der Waals surface area contributed by atoms with Crippen molar-refractivity contribution < 1.29 is 0 Å². The van der Waals surface area contributed by atoms with Gasteiger partial charge in [-0.1, -0.05) is 18.2 Å². The Hall–Kier alpha value is -1.41. The van der Waals surface area contributed by atoms with E-state index in [0.717, 1.165) is 11.2 Å². The van der Waals surface area contributed by atoms with E-state index in [9.17, 15) is 0 Å². The number of para-hydroxylation sites is 1. The molecule has 72 valence electrons. The summed E-state index contributed by atoms with van der Waals surface area (Å²) in [6.07, 6.45) is 0. The van der Waals surface area contributed by atoms with Gasteiger partial charge in [-0.2, -0.15) is 0 Å². The Morgan fingerprint density at radius 3 is 2.57 bits per heavy atom. The predicted octanol–water partition coefficient (Wildman–Crippen LogP) is 2.31. The number of nitrogens with two attached hydrogens (primary N) is 1. The summed E-state index contributed by atoms with van der Waals surface area (Å²) in [7, 11) is 0. The van der Waals surface area contributed by atoms with E-state index >= 15 is 0 Å². The van der Waals surface area contributed by atoms with Crippen LogP contribution in [0.3, 0.4) is 0 Å². The van der Waals surface area contributed by atoms with E-state index in [2.05, 4.69) is 24.9 Å². The summed E-state index contributed by atoms with van der Waals surface area (Å²) in [4.78, 5) is 4.53. The second-order valence-corrected chi connectivity index (χ2v) is 3.53. The van der Waals surface area contributed by atoms with Gasteiger partial charge in [0, 0.05) is 11.9 Å². The van der Waals surface area contributed by atoms with E-state index in [-0.39, 0.29) is 0 Å². The zero-order valence-corrected chi connectivity index (χ0v) is 8.54. The zero-order chi connectivity index (χ0) is 10.1. The summed E-state index contributed by atoms with van der Waals surface area (Å²) in [6, 6.07) is 8.18. The quantitative estimate of drug-likeness (QED) is 0.742. The molecule has 0 spiro atoms. The van der Waals surface area contributed by atoms with E-state index < -0.39 is 0 Å². The highest BCUT2D eigenvalue weighted by atomic mass is 14.7. The summed E-state index contributed by atoms with van der Waals surface area (Å²) in [5.74, 6) is 0. The largest absolute Gasteiger partial charge is 0.325 e. The molecule has 0 radical (unpaired) electrons. The van der Waals surface area contributed by atoms with Gasteiger partial charge in [-0.25, -0.2) is 0 Å². The standard InChI is InChI=1S/C12H14N2/c1-8-9(2)12(7-13)14-11-6-4-3-5-10(8)11/h3-6H,7,13H2,1-2H3. The van der Waals surface area contributed by atoms with E-state index in [0.29, 0.717) is 6.54 Å². The van der Waals surface area contributed by atoms with Gasteiger partial charge in [-0.05, 0) is 31.0 Å². The molecular formula is C12H14N2. The Kier molecular flexibility index (Phi) is 2.22. The smallest absolute Gasteiger partial charge is 0.0708 e. The van der Waals surface area contributed by atoms with Crippen molar-refractivity contribution in [2.24, 2.45) is 5.73 Å². The molecule has 1 aromatic heterocycles. The molecule has 2 aromatic rings. The first-order chi connectivity index (χ1) is 6.74. The third-order valence-corrected chi connectivity index (χ3v) is 2.75. The normalized spacial score (nSPS) is 10.8. The highest BCUT2D eigenvalue weighted by Gasteiger charge is 2.05. The van der Waals surface area contributed by atoms with Crippen LogP contribution in [0.5, 0.6) is 0 Å². The van der Waals surface area contributed by atoms with Crippen LogP contribution in [0, 0.1) is 13.8 Å². The maximum atomic E-state index is 5.65. The van der Waals surface area contributed by atoms with Gasteiger partial charge in [-0.15, -0.1) is 0 Å². The van der Waals surface area contributed by atoms with Crippen LogP contribution in [0.25, 0.3) is 10.9 Å². The molecule has 2 N–H and O–H groups in total. The number of aromatic nitrogens is 1. The van der Waals surface area contributed by atoms with Crippen molar-refractivity contribution in [1.82, 2.24) is 4.98 Å². The number of hydrogen-bond donors (Lipinski definition) is 1. The molecule has 0 saturated carbocycles. The topological polar surface area (TPSA) is 38.9 Å². The molecule has 1 heterocycles. The molecular weight excluding hydrogens is 172 g/mol. The molecule has 0 aliphatic rings. The van der Waals surface area contributed by atoms with E-state index in [4.69, 9.17) is 5.73 Å². The van der Waals surface area contributed by atoms with Gasteiger partial charge < -0.3 is 5.73 Å². The lowest BCUT2D eigenvalue weighted by Gasteiger charge is -2.09. The Morgan fingerprint density at radius 2 is 1.86 bits per heavy atom. The minimum Gasteiger partial charge on any atom is -0.325 e. The predicted molar refractivity (Wildman–Crippen MR) is 59.1 cm³/mol. The van der Waals surface area contributed by atoms with Crippen LogP contribution in [-0.2, 0) is 6.54 Å². The Labute approximate surface area is 83.8 Å². The van der Waals surface area contributed by atoms with Crippen molar-refractivity contribution in [3.05, 3.63) is 41.1 Å². The van der Waals surface area contributed by atoms with E-state index in [1.165, 1.54) is 16.5 Å². The summed E-state index contributed by atoms with van der Waals surface area (Å²) in [5, 5.41) is 1.22. The van der Waals surface area contributed by atoms with Crippen molar-refractivity contribution in [3.63, 3.8) is 0 Å². The SMILES string of the molecule is Cc1c(CN)nc2ccccc2c1C. The molecule has 0 amide bonds. The number of benzene rings is 1. The van der Waals surface area contributed by atoms with Gasteiger partial charge in [0.2, 0.25) is 0 Å². The molecule has 0 saturated heterocycles. The van der Waals surface area contributed by atoms with Gasteiger partial charge in [0.1, 0.15) is 0 Å². The number of fused-ring (bicyclic) bond motifs is 1. The number of nitrogens with zero attached hydrogens (tertiary/aromatic N) is 1. The van der Waals surface area contributed by atoms with E-state index in [1.807, 2.05) is 18.2 Å². The van der Waals surface area contributed by atoms with Crippen LogP contribution in [0.1, 0.15) is 16.8 Å². The molecule has 0 fully saturated rings. The molecule has 2 heteroatoms. The molecule has 0 unspecified atom stereocenters. The first-order valence-electron chi connectivity index (χ1n) is 4.79. The van der Waals surface area contributed by atoms with Crippen LogP contribution in [0.4, 0.5) is 0 Å². The Balaban J connectivity index is 2.85. The van der Waals surface area contributed by atoms with Crippen molar-refractivity contribution >= 4 is 10.9 Å². The molecule has 0 bridgehead atoms. The summed E-state index contributed by atoms with van der Waals surface area (Å²) >= 11 is 0. The Morgan fingerprint density at radius 1 is 1.14 bits per heavy atom. The van der Waals surface area contributed by atoms with Crippen molar-refractivity contribution in [2.45, 2.75) is 20.4 Å². The molecule has 1 aromatic carbocycles. The number of rotatable bonds is 1. The number of aryl methyl sites for hydroxylation is 1. The van der Waals surface area contributed by atoms with Crippen LogP contribution >= 0.6 is 0 Å². The van der Waals surface area contributed by atoms with Crippen molar-refractivity contribution in [2.75, 3.05) is 0 Å².